The summed E-state index contributed by atoms with van der Waals surface area (Å²) in [5, 5.41) is 3.41. The highest BCUT2D eigenvalue weighted by atomic mass is 79.9. The molecule has 1 aromatic carbocycles. The van der Waals surface area contributed by atoms with Crippen LogP contribution in [0.15, 0.2) is 28.7 Å². The van der Waals surface area contributed by atoms with Gasteiger partial charge in [0.25, 0.3) is 0 Å². The summed E-state index contributed by atoms with van der Waals surface area (Å²) in [6, 6.07) is 8.29. The Balaban J connectivity index is 2.18. The third kappa shape index (κ3) is 4.91. The second-order valence-electron chi connectivity index (χ2n) is 3.14. The van der Waals surface area contributed by atoms with Crippen molar-refractivity contribution in [2.24, 2.45) is 0 Å². The summed E-state index contributed by atoms with van der Waals surface area (Å²) in [6.07, 6.45) is 4.69. The fourth-order valence-corrected chi connectivity index (χ4v) is 2.09. The second-order valence-corrected chi connectivity index (χ2v) is 5.04. The van der Waals surface area contributed by atoms with Crippen LogP contribution in [0.3, 0.4) is 0 Å². The Labute approximate surface area is 98.8 Å². The Bertz CT molecular complexity index is 265. The lowest BCUT2D eigenvalue weighted by Gasteiger charge is -2.05. The number of rotatable bonds is 6. The van der Waals surface area contributed by atoms with Crippen molar-refractivity contribution >= 4 is 33.4 Å². The first-order chi connectivity index (χ1) is 6.83. The van der Waals surface area contributed by atoms with Crippen molar-refractivity contribution in [2.45, 2.75) is 12.8 Å². The van der Waals surface area contributed by atoms with E-state index in [1.165, 1.54) is 24.3 Å². The van der Waals surface area contributed by atoms with E-state index in [-0.39, 0.29) is 0 Å². The van der Waals surface area contributed by atoms with E-state index in [0.717, 1.165) is 11.0 Å². The molecule has 0 aliphatic rings. The predicted octanol–water partition coefficient (Wildman–Crippen LogP) is 4.00. The first-order valence-corrected chi connectivity index (χ1v) is 7.00. The van der Waals surface area contributed by atoms with Crippen LogP contribution in [0.5, 0.6) is 0 Å². The molecule has 0 unspecified atom stereocenters. The molecule has 14 heavy (non-hydrogen) atoms. The van der Waals surface area contributed by atoms with Gasteiger partial charge in [-0.25, -0.2) is 0 Å². The van der Waals surface area contributed by atoms with Crippen LogP contribution >= 0.6 is 27.7 Å². The Kier molecular flexibility index (Phi) is 6.12. The van der Waals surface area contributed by atoms with Gasteiger partial charge in [-0.1, -0.05) is 22.0 Å². The molecule has 1 N–H and O–H groups in total. The maximum Gasteiger partial charge on any atom is 0.0351 e. The standard InChI is InChI=1S/C11H16BrNS/c1-14-8-3-2-7-13-11-6-4-5-10(12)9-11/h4-6,9,13H,2-3,7-8H2,1H3. The van der Waals surface area contributed by atoms with Gasteiger partial charge in [0.1, 0.15) is 0 Å². The van der Waals surface area contributed by atoms with Gasteiger partial charge < -0.3 is 5.32 Å². The van der Waals surface area contributed by atoms with Gasteiger partial charge in [-0.15, -0.1) is 0 Å². The van der Waals surface area contributed by atoms with E-state index in [1.54, 1.807) is 0 Å². The van der Waals surface area contributed by atoms with Crippen LogP contribution in [0.1, 0.15) is 12.8 Å². The van der Waals surface area contributed by atoms with Crippen molar-refractivity contribution < 1.29 is 0 Å². The van der Waals surface area contributed by atoms with E-state index < -0.39 is 0 Å². The Morgan fingerprint density at radius 3 is 2.93 bits per heavy atom. The van der Waals surface area contributed by atoms with Crippen LogP contribution in [0.4, 0.5) is 5.69 Å². The monoisotopic (exact) mass is 273 g/mol. The molecule has 0 saturated carbocycles. The predicted molar refractivity (Wildman–Crippen MR) is 70.2 cm³/mol. The fourth-order valence-electron chi connectivity index (χ4n) is 1.20. The van der Waals surface area contributed by atoms with E-state index in [1.807, 2.05) is 23.9 Å². The Morgan fingerprint density at radius 2 is 2.21 bits per heavy atom. The molecule has 0 aromatic heterocycles. The van der Waals surface area contributed by atoms with Gasteiger partial charge in [-0.05, 0) is 43.0 Å². The van der Waals surface area contributed by atoms with Crippen molar-refractivity contribution in [3.8, 4) is 0 Å². The van der Waals surface area contributed by atoms with E-state index in [9.17, 15) is 0 Å². The minimum Gasteiger partial charge on any atom is -0.385 e. The van der Waals surface area contributed by atoms with Crippen LogP contribution in [-0.2, 0) is 0 Å². The van der Waals surface area contributed by atoms with Crippen LogP contribution in [0.2, 0.25) is 0 Å². The average Bonchev–Trinajstić information content (AvgIpc) is 2.18. The molecule has 0 heterocycles. The second kappa shape index (κ2) is 7.18. The SMILES string of the molecule is CSCCCCNc1cccc(Br)c1. The van der Waals surface area contributed by atoms with Gasteiger partial charge in [0.15, 0.2) is 0 Å². The van der Waals surface area contributed by atoms with Crippen LogP contribution in [0, 0.1) is 0 Å². The first-order valence-electron chi connectivity index (χ1n) is 4.81. The molecule has 0 radical (unpaired) electrons. The summed E-state index contributed by atoms with van der Waals surface area (Å²) in [5.74, 6) is 1.26. The zero-order valence-corrected chi connectivity index (χ0v) is 10.8. The molecule has 0 saturated heterocycles. The molecular weight excluding hydrogens is 258 g/mol. The smallest absolute Gasteiger partial charge is 0.0351 e. The van der Waals surface area contributed by atoms with E-state index in [0.29, 0.717) is 0 Å². The Morgan fingerprint density at radius 1 is 1.36 bits per heavy atom. The third-order valence-electron chi connectivity index (χ3n) is 1.93. The van der Waals surface area contributed by atoms with Gasteiger partial charge in [0, 0.05) is 16.7 Å². The summed E-state index contributed by atoms with van der Waals surface area (Å²) in [5.41, 5.74) is 1.20. The van der Waals surface area contributed by atoms with Gasteiger partial charge >= 0.3 is 0 Å². The maximum absolute atomic E-state index is 3.45. The summed E-state index contributed by atoms with van der Waals surface area (Å²) in [4.78, 5) is 0. The molecule has 0 amide bonds. The molecule has 0 fully saturated rings. The Hall–Kier alpha value is -0.150. The molecule has 0 spiro atoms. The molecule has 3 heteroatoms. The van der Waals surface area contributed by atoms with Crippen molar-refractivity contribution in [1.82, 2.24) is 0 Å². The van der Waals surface area contributed by atoms with Gasteiger partial charge in [-0.2, -0.15) is 11.8 Å². The number of hydrogen-bond donors (Lipinski definition) is 1. The minimum atomic E-state index is 1.07. The van der Waals surface area contributed by atoms with E-state index in [4.69, 9.17) is 0 Å². The number of anilines is 1. The molecule has 78 valence electrons. The highest BCUT2D eigenvalue weighted by molar-refractivity contribution is 9.10. The van der Waals surface area contributed by atoms with Crippen molar-refractivity contribution in [3.05, 3.63) is 28.7 Å². The molecule has 1 rings (SSSR count). The lowest BCUT2D eigenvalue weighted by molar-refractivity contribution is 0.843. The summed E-state index contributed by atoms with van der Waals surface area (Å²) in [6.45, 7) is 1.07. The number of benzene rings is 1. The van der Waals surface area contributed by atoms with Gasteiger partial charge in [-0.3, -0.25) is 0 Å². The molecule has 1 nitrogen and oxygen atoms in total. The highest BCUT2D eigenvalue weighted by Gasteiger charge is 1.92. The van der Waals surface area contributed by atoms with Crippen molar-refractivity contribution in [1.29, 1.82) is 0 Å². The summed E-state index contributed by atoms with van der Waals surface area (Å²) < 4.78 is 1.13. The largest absolute Gasteiger partial charge is 0.385 e. The molecule has 0 atom stereocenters. The zero-order valence-electron chi connectivity index (χ0n) is 8.42. The number of nitrogens with one attached hydrogen (secondary N) is 1. The van der Waals surface area contributed by atoms with Crippen LogP contribution < -0.4 is 5.32 Å². The maximum atomic E-state index is 3.45. The number of halogens is 1. The van der Waals surface area contributed by atoms with Crippen molar-refractivity contribution in [3.63, 3.8) is 0 Å². The highest BCUT2D eigenvalue weighted by Crippen LogP contribution is 2.15. The fraction of sp³-hybridized carbons (Fsp3) is 0.455. The molecule has 0 aliphatic heterocycles. The number of thioether (sulfide) groups is 1. The quantitative estimate of drug-likeness (QED) is 0.787. The number of unbranched alkanes of at least 4 members (excludes halogenated alkanes) is 1. The zero-order chi connectivity index (χ0) is 10.2. The molecule has 1 aromatic rings. The van der Waals surface area contributed by atoms with Gasteiger partial charge in [0.2, 0.25) is 0 Å². The summed E-state index contributed by atoms with van der Waals surface area (Å²) >= 11 is 5.37. The molecular formula is C11H16BrNS. The van der Waals surface area contributed by atoms with E-state index in [2.05, 4.69) is 39.6 Å². The first kappa shape index (κ1) is 11.9. The topological polar surface area (TPSA) is 12.0 Å². The van der Waals surface area contributed by atoms with Gasteiger partial charge in [0.05, 0.1) is 0 Å². The third-order valence-corrected chi connectivity index (χ3v) is 3.12. The normalized spacial score (nSPS) is 10.1. The van der Waals surface area contributed by atoms with Crippen LogP contribution in [-0.4, -0.2) is 18.6 Å². The summed E-state index contributed by atoms with van der Waals surface area (Å²) in [7, 11) is 0. The lowest BCUT2D eigenvalue weighted by atomic mass is 10.3. The lowest BCUT2D eigenvalue weighted by Crippen LogP contribution is -2.01. The minimum absolute atomic E-state index is 1.07. The average molecular weight is 274 g/mol. The molecule has 0 bridgehead atoms. The van der Waals surface area contributed by atoms with Crippen LogP contribution in [0.25, 0.3) is 0 Å². The molecule has 0 aliphatic carbocycles. The van der Waals surface area contributed by atoms with Crippen molar-refractivity contribution in [2.75, 3.05) is 23.9 Å². The van der Waals surface area contributed by atoms with E-state index >= 15 is 0 Å². The number of hydrogen-bond acceptors (Lipinski definition) is 2.